The molecule has 11 heteroatoms. The number of benzene rings is 2. The second kappa shape index (κ2) is 13.0. The molecule has 3 rings (SSSR count). The van der Waals surface area contributed by atoms with Crippen LogP contribution in [0.2, 0.25) is 5.02 Å². The molecule has 1 saturated heterocycles. The van der Waals surface area contributed by atoms with Gasteiger partial charge in [-0.25, -0.2) is 8.42 Å². The van der Waals surface area contributed by atoms with Gasteiger partial charge in [-0.05, 0) is 68.9 Å². The molecule has 37 heavy (non-hydrogen) atoms. The first-order valence-electron chi connectivity index (χ1n) is 12.4. The molecule has 1 atom stereocenters. The van der Waals surface area contributed by atoms with Crippen molar-refractivity contribution in [3.05, 3.63) is 53.1 Å². The van der Waals surface area contributed by atoms with E-state index in [0.29, 0.717) is 43.9 Å². The van der Waals surface area contributed by atoms with E-state index in [9.17, 15) is 13.2 Å². The first kappa shape index (κ1) is 28.6. The Hall–Kier alpha value is -2.98. The zero-order chi connectivity index (χ0) is 27.0. The van der Waals surface area contributed by atoms with Crippen molar-refractivity contribution in [2.75, 3.05) is 24.0 Å². The normalized spacial score (nSPS) is 15.8. The molecule has 9 nitrogen and oxygen atoms in total. The topological polar surface area (TPSA) is 137 Å². The molecular formula is C26H35ClN4O5S. The number of carbonyl (C=O) groups is 1. The van der Waals surface area contributed by atoms with Gasteiger partial charge in [0.2, 0.25) is 0 Å². The van der Waals surface area contributed by atoms with E-state index in [-0.39, 0.29) is 34.9 Å². The molecular weight excluding hydrogens is 516 g/mol. The van der Waals surface area contributed by atoms with Gasteiger partial charge in [0.05, 0.1) is 16.8 Å². The highest BCUT2D eigenvalue weighted by atomic mass is 35.5. The zero-order valence-electron chi connectivity index (χ0n) is 21.0. The van der Waals surface area contributed by atoms with Crippen molar-refractivity contribution >= 4 is 39.2 Å². The Morgan fingerprint density at radius 2 is 1.97 bits per heavy atom. The number of nitrogens with two attached hydrogens (primary N) is 1. The third kappa shape index (κ3) is 7.75. The van der Waals surface area contributed by atoms with E-state index >= 15 is 0 Å². The Morgan fingerprint density at radius 1 is 1.22 bits per heavy atom. The monoisotopic (exact) mass is 550 g/mol. The number of likely N-dealkylation sites (tertiary alicyclic amines) is 1. The summed E-state index contributed by atoms with van der Waals surface area (Å²) < 4.78 is 34.9. The summed E-state index contributed by atoms with van der Waals surface area (Å²) in [7, 11) is -4.00. The molecule has 4 N–H and O–H groups in total. The Kier molecular flexibility index (Phi) is 10.0. The number of piperidine rings is 1. The van der Waals surface area contributed by atoms with Crippen LogP contribution in [0.1, 0.15) is 50.5 Å². The summed E-state index contributed by atoms with van der Waals surface area (Å²) in [5.74, 6) is -0.324. The molecule has 0 aliphatic carbocycles. The van der Waals surface area contributed by atoms with E-state index in [2.05, 4.69) is 0 Å². The Bertz CT molecular complexity index is 1210. The van der Waals surface area contributed by atoms with Gasteiger partial charge >= 0.3 is 5.97 Å². The molecule has 1 fully saturated rings. The second-order valence-electron chi connectivity index (χ2n) is 9.26. The number of guanidine groups is 1. The number of carboxylic acids is 1. The number of anilines is 1. The zero-order valence-corrected chi connectivity index (χ0v) is 22.6. The number of nitrogens with zero attached hydrogens (tertiary/aromatic N) is 2. The fourth-order valence-electron chi connectivity index (χ4n) is 4.51. The molecule has 1 heterocycles. The van der Waals surface area contributed by atoms with Crippen molar-refractivity contribution in [2.45, 2.75) is 62.8 Å². The molecule has 0 radical (unpaired) electrons. The fraction of sp³-hybridized carbons (Fsp3) is 0.462. The number of hydrogen-bond donors (Lipinski definition) is 3. The molecule has 0 saturated carbocycles. The van der Waals surface area contributed by atoms with Crippen molar-refractivity contribution in [2.24, 2.45) is 5.73 Å². The number of unbranched alkanes of at least 4 members (excludes halogenated alkanes) is 2. The smallest absolute Gasteiger partial charge is 0.303 e. The van der Waals surface area contributed by atoms with Crippen molar-refractivity contribution in [3.8, 4) is 5.75 Å². The van der Waals surface area contributed by atoms with Crippen LogP contribution in [0.15, 0.2) is 47.4 Å². The van der Waals surface area contributed by atoms with Gasteiger partial charge < -0.3 is 20.5 Å². The second-order valence-corrected chi connectivity index (χ2v) is 11.5. The van der Waals surface area contributed by atoms with Crippen LogP contribution >= 0.6 is 11.6 Å². The predicted molar refractivity (Wildman–Crippen MR) is 145 cm³/mol. The minimum absolute atomic E-state index is 0.00508. The summed E-state index contributed by atoms with van der Waals surface area (Å²) in [6.45, 7) is 3.08. The summed E-state index contributed by atoms with van der Waals surface area (Å²) in [6, 6.07) is 11.6. The lowest BCUT2D eigenvalue weighted by atomic mass is 10.0. The van der Waals surface area contributed by atoms with Crippen LogP contribution in [0.3, 0.4) is 0 Å². The molecule has 1 unspecified atom stereocenters. The van der Waals surface area contributed by atoms with Crippen molar-refractivity contribution in [1.82, 2.24) is 4.90 Å². The quantitative estimate of drug-likeness (QED) is 0.199. The largest absolute Gasteiger partial charge is 0.491 e. The first-order valence-corrected chi connectivity index (χ1v) is 14.3. The van der Waals surface area contributed by atoms with Gasteiger partial charge in [0.15, 0.2) is 5.96 Å². The molecule has 0 amide bonds. The van der Waals surface area contributed by atoms with Crippen LogP contribution in [-0.4, -0.2) is 56.1 Å². The lowest BCUT2D eigenvalue weighted by Gasteiger charge is -2.35. The number of nitrogens with one attached hydrogen (secondary N) is 1. The Balaban J connectivity index is 1.86. The third-order valence-electron chi connectivity index (χ3n) is 6.36. The maximum Gasteiger partial charge on any atom is 0.303 e. The summed E-state index contributed by atoms with van der Waals surface area (Å²) in [5, 5.41) is 16.9. The van der Waals surface area contributed by atoms with Crippen LogP contribution in [0, 0.1) is 12.3 Å². The van der Waals surface area contributed by atoms with Crippen LogP contribution in [0.4, 0.5) is 5.69 Å². The minimum atomic E-state index is -4.00. The van der Waals surface area contributed by atoms with Crippen LogP contribution in [0.25, 0.3) is 0 Å². The fourth-order valence-corrected chi connectivity index (χ4v) is 6.49. The van der Waals surface area contributed by atoms with E-state index in [1.54, 1.807) is 24.3 Å². The molecule has 0 bridgehead atoms. The van der Waals surface area contributed by atoms with Crippen LogP contribution in [-0.2, 0) is 14.8 Å². The molecule has 2 aromatic carbocycles. The van der Waals surface area contributed by atoms with Crippen molar-refractivity contribution in [1.29, 1.82) is 5.41 Å². The van der Waals surface area contributed by atoms with Gasteiger partial charge in [0.25, 0.3) is 10.0 Å². The lowest BCUT2D eigenvalue weighted by molar-refractivity contribution is -0.137. The maximum atomic E-state index is 13.7. The average Bonchev–Trinajstić information content (AvgIpc) is 2.84. The van der Waals surface area contributed by atoms with E-state index in [1.807, 2.05) is 17.9 Å². The average molecular weight is 551 g/mol. The van der Waals surface area contributed by atoms with Gasteiger partial charge in [-0.15, -0.1) is 0 Å². The number of ether oxygens (including phenoxy) is 1. The highest BCUT2D eigenvalue weighted by Gasteiger charge is 2.28. The number of sulfonamides is 1. The number of aryl methyl sites for hydroxylation is 1. The van der Waals surface area contributed by atoms with Crippen LogP contribution < -0.4 is 14.8 Å². The SMILES string of the molecule is Cc1cc(OCC2CCCCN2C(=N)N)cc(N(CCCCCC(=O)O)S(=O)(=O)c2ccccc2Cl)c1. The number of rotatable bonds is 12. The van der Waals surface area contributed by atoms with Gasteiger partial charge in [0.1, 0.15) is 17.3 Å². The molecule has 0 spiro atoms. The molecule has 2 aromatic rings. The van der Waals surface area contributed by atoms with Crippen LogP contribution in [0.5, 0.6) is 5.75 Å². The third-order valence-corrected chi connectivity index (χ3v) is 8.69. The molecule has 202 valence electrons. The Labute approximate surface area is 223 Å². The lowest BCUT2D eigenvalue weighted by Crippen LogP contribution is -2.49. The summed E-state index contributed by atoms with van der Waals surface area (Å²) in [4.78, 5) is 12.7. The van der Waals surface area contributed by atoms with Crippen molar-refractivity contribution in [3.63, 3.8) is 0 Å². The summed E-state index contributed by atoms with van der Waals surface area (Å²) in [5.41, 5.74) is 7.02. The van der Waals surface area contributed by atoms with E-state index < -0.39 is 16.0 Å². The highest BCUT2D eigenvalue weighted by molar-refractivity contribution is 7.93. The van der Waals surface area contributed by atoms with Crippen molar-refractivity contribution < 1.29 is 23.1 Å². The Morgan fingerprint density at radius 3 is 2.68 bits per heavy atom. The highest BCUT2D eigenvalue weighted by Crippen LogP contribution is 2.32. The number of hydrogen-bond acceptors (Lipinski definition) is 5. The van der Waals surface area contributed by atoms with E-state index in [4.69, 9.17) is 32.6 Å². The predicted octanol–water partition coefficient (Wildman–Crippen LogP) is 4.62. The number of aliphatic carboxylic acids is 1. The van der Waals surface area contributed by atoms with Gasteiger partial charge in [0, 0.05) is 25.6 Å². The number of halogens is 1. The van der Waals surface area contributed by atoms with Gasteiger partial charge in [-0.2, -0.15) is 0 Å². The summed E-state index contributed by atoms with van der Waals surface area (Å²) in [6.07, 6.45) is 4.43. The molecule has 1 aliphatic heterocycles. The first-order chi connectivity index (χ1) is 17.6. The summed E-state index contributed by atoms with van der Waals surface area (Å²) >= 11 is 6.27. The van der Waals surface area contributed by atoms with Gasteiger partial charge in [-0.1, -0.05) is 30.2 Å². The minimum Gasteiger partial charge on any atom is -0.491 e. The number of carboxylic acid groups (broad SMARTS) is 1. The standard InChI is InChI=1S/C26H35ClN4O5S/c1-19-15-21(17-22(16-19)36-18-20-9-6-8-13-30(20)26(28)29)31(14-7-2-3-12-25(32)33)37(34,35)24-11-5-4-10-23(24)27/h4-5,10-11,15-17,20H,2-3,6-9,12-14,18H2,1H3,(H3,28,29)(H,32,33). The maximum absolute atomic E-state index is 13.7. The van der Waals surface area contributed by atoms with Gasteiger partial charge in [-0.3, -0.25) is 14.5 Å². The molecule has 0 aromatic heterocycles. The molecule has 1 aliphatic rings. The van der Waals surface area contributed by atoms with E-state index in [0.717, 1.165) is 24.8 Å². The van der Waals surface area contributed by atoms with E-state index in [1.165, 1.54) is 16.4 Å².